The van der Waals surface area contributed by atoms with Crippen molar-refractivity contribution in [3.05, 3.63) is 69.8 Å². The number of rotatable bonds is 2. The molecule has 3 aromatic rings. The van der Waals surface area contributed by atoms with Crippen molar-refractivity contribution in [2.45, 2.75) is 0 Å². The lowest BCUT2D eigenvalue weighted by Crippen LogP contribution is -2.13. The fourth-order valence-corrected chi connectivity index (χ4v) is 2.17. The van der Waals surface area contributed by atoms with Gasteiger partial charge >= 0.3 is 5.69 Å². The molecule has 1 N–H and O–H groups in total. The van der Waals surface area contributed by atoms with Crippen LogP contribution >= 0.6 is 15.9 Å². The van der Waals surface area contributed by atoms with Gasteiger partial charge in [-0.2, -0.15) is 5.10 Å². The van der Waals surface area contributed by atoms with Crippen molar-refractivity contribution in [3.8, 4) is 16.8 Å². The number of aromatic nitrogens is 3. The van der Waals surface area contributed by atoms with E-state index in [1.165, 1.54) is 10.9 Å². The summed E-state index contributed by atoms with van der Waals surface area (Å²) in [6.45, 7) is 0. The van der Waals surface area contributed by atoms with Gasteiger partial charge in [-0.3, -0.25) is 0 Å². The average Bonchev–Trinajstić information content (AvgIpc) is 2.86. The Labute approximate surface area is 117 Å². The molecular formula is C14H10BrN3O. The second kappa shape index (κ2) is 4.85. The van der Waals surface area contributed by atoms with Crippen LogP contribution in [-0.4, -0.2) is 14.8 Å². The number of hydrogen-bond acceptors (Lipinski definition) is 2. The zero-order chi connectivity index (χ0) is 13.2. The van der Waals surface area contributed by atoms with Crippen LogP contribution in [0.2, 0.25) is 0 Å². The van der Waals surface area contributed by atoms with E-state index < -0.39 is 0 Å². The number of benzene rings is 2. The second-order valence-corrected chi connectivity index (χ2v) is 5.00. The molecule has 1 aromatic heterocycles. The molecule has 0 radical (unpaired) electrons. The minimum absolute atomic E-state index is 0.243. The third-order valence-electron chi connectivity index (χ3n) is 2.85. The van der Waals surface area contributed by atoms with Crippen molar-refractivity contribution in [2.75, 3.05) is 0 Å². The van der Waals surface area contributed by atoms with E-state index in [9.17, 15) is 4.79 Å². The van der Waals surface area contributed by atoms with Crippen LogP contribution in [0.25, 0.3) is 16.8 Å². The molecule has 2 aromatic carbocycles. The van der Waals surface area contributed by atoms with E-state index in [0.717, 1.165) is 21.3 Å². The normalized spacial score (nSPS) is 10.6. The Morgan fingerprint density at radius 2 is 1.84 bits per heavy atom. The third kappa shape index (κ3) is 2.37. The van der Waals surface area contributed by atoms with E-state index >= 15 is 0 Å². The van der Waals surface area contributed by atoms with Crippen LogP contribution in [0.5, 0.6) is 0 Å². The molecule has 0 fully saturated rings. The summed E-state index contributed by atoms with van der Waals surface area (Å²) in [5, 5.41) is 6.12. The molecule has 0 saturated heterocycles. The maximum atomic E-state index is 11.6. The van der Waals surface area contributed by atoms with Crippen LogP contribution in [0, 0.1) is 0 Å². The molecule has 0 unspecified atom stereocenters. The largest absolute Gasteiger partial charge is 0.347 e. The maximum Gasteiger partial charge on any atom is 0.347 e. The van der Waals surface area contributed by atoms with Gasteiger partial charge in [0.25, 0.3) is 0 Å². The molecule has 0 amide bonds. The molecule has 19 heavy (non-hydrogen) atoms. The van der Waals surface area contributed by atoms with Gasteiger partial charge in [-0.1, -0.05) is 40.2 Å². The molecule has 0 atom stereocenters. The second-order valence-electron chi connectivity index (χ2n) is 4.09. The van der Waals surface area contributed by atoms with E-state index in [0.29, 0.717) is 0 Å². The van der Waals surface area contributed by atoms with Crippen LogP contribution in [0.1, 0.15) is 0 Å². The molecule has 0 aliphatic carbocycles. The highest BCUT2D eigenvalue weighted by atomic mass is 79.9. The number of aromatic amines is 1. The van der Waals surface area contributed by atoms with Gasteiger partial charge in [0.15, 0.2) is 0 Å². The van der Waals surface area contributed by atoms with Gasteiger partial charge in [0.1, 0.15) is 6.33 Å². The molecule has 0 aliphatic rings. The van der Waals surface area contributed by atoms with Crippen molar-refractivity contribution in [1.82, 2.24) is 14.8 Å². The van der Waals surface area contributed by atoms with Gasteiger partial charge in [0.2, 0.25) is 0 Å². The Hall–Kier alpha value is -2.14. The van der Waals surface area contributed by atoms with Crippen LogP contribution in [0.3, 0.4) is 0 Å². The van der Waals surface area contributed by atoms with E-state index in [4.69, 9.17) is 0 Å². The maximum absolute atomic E-state index is 11.6. The lowest BCUT2D eigenvalue weighted by molar-refractivity contribution is 0.983. The first-order valence-electron chi connectivity index (χ1n) is 5.72. The standard InChI is InChI=1S/C14H10BrN3O/c15-12-6-4-10(5-7-12)11-2-1-3-13(8-11)18-9-16-17-14(18)19/h1-9H,(H,17,19). The lowest BCUT2D eigenvalue weighted by Gasteiger charge is -2.05. The van der Waals surface area contributed by atoms with Crippen molar-refractivity contribution < 1.29 is 0 Å². The summed E-state index contributed by atoms with van der Waals surface area (Å²) in [6.07, 6.45) is 1.48. The zero-order valence-corrected chi connectivity index (χ0v) is 11.5. The molecule has 4 nitrogen and oxygen atoms in total. The molecule has 5 heteroatoms. The number of halogens is 1. The summed E-state index contributed by atoms with van der Waals surface area (Å²) >= 11 is 3.42. The Bertz CT molecular complexity index is 759. The predicted octanol–water partition coefficient (Wildman–Crippen LogP) is 2.99. The topological polar surface area (TPSA) is 50.7 Å². The number of nitrogens with zero attached hydrogens (tertiary/aromatic N) is 2. The summed E-state index contributed by atoms with van der Waals surface area (Å²) in [4.78, 5) is 11.6. The van der Waals surface area contributed by atoms with E-state index in [2.05, 4.69) is 26.1 Å². The first kappa shape index (κ1) is 11.9. The first-order valence-corrected chi connectivity index (χ1v) is 6.52. The van der Waals surface area contributed by atoms with Gasteiger partial charge in [-0.05, 0) is 35.4 Å². The summed E-state index contributed by atoms with van der Waals surface area (Å²) in [7, 11) is 0. The van der Waals surface area contributed by atoms with Gasteiger partial charge < -0.3 is 0 Å². The number of nitrogens with one attached hydrogen (secondary N) is 1. The highest BCUT2D eigenvalue weighted by Crippen LogP contribution is 2.23. The highest BCUT2D eigenvalue weighted by Gasteiger charge is 2.03. The molecule has 0 spiro atoms. The van der Waals surface area contributed by atoms with Gasteiger partial charge in [0.05, 0.1) is 5.69 Å². The van der Waals surface area contributed by atoms with Gasteiger partial charge in [0, 0.05) is 4.47 Å². The van der Waals surface area contributed by atoms with Gasteiger partial charge in [-0.25, -0.2) is 14.5 Å². The highest BCUT2D eigenvalue weighted by molar-refractivity contribution is 9.10. The molecule has 0 aliphatic heterocycles. The minimum atomic E-state index is -0.243. The zero-order valence-electron chi connectivity index (χ0n) is 9.88. The van der Waals surface area contributed by atoms with Crippen molar-refractivity contribution in [2.24, 2.45) is 0 Å². The van der Waals surface area contributed by atoms with Crippen LogP contribution in [0.4, 0.5) is 0 Å². The van der Waals surface area contributed by atoms with Crippen molar-refractivity contribution in [1.29, 1.82) is 0 Å². The smallest absolute Gasteiger partial charge is 0.250 e. The van der Waals surface area contributed by atoms with Crippen LogP contribution in [0.15, 0.2) is 64.1 Å². The van der Waals surface area contributed by atoms with Crippen LogP contribution in [-0.2, 0) is 0 Å². The molecule has 1 heterocycles. The van der Waals surface area contributed by atoms with Crippen LogP contribution < -0.4 is 5.69 Å². The SMILES string of the molecule is O=c1[nH]ncn1-c1cccc(-c2ccc(Br)cc2)c1. The summed E-state index contributed by atoms with van der Waals surface area (Å²) < 4.78 is 2.51. The number of hydrogen-bond donors (Lipinski definition) is 1. The third-order valence-corrected chi connectivity index (χ3v) is 3.38. The summed E-state index contributed by atoms with van der Waals surface area (Å²) in [5.74, 6) is 0. The molecular weight excluding hydrogens is 306 g/mol. The Morgan fingerprint density at radius 3 is 2.53 bits per heavy atom. The molecule has 94 valence electrons. The quantitative estimate of drug-likeness (QED) is 0.790. The Balaban J connectivity index is 2.08. The van der Waals surface area contributed by atoms with E-state index in [1.54, 1.807) is 0 Å². The number of H-pyrrole nitrogens is 1. The fourth-order valence-electron chi connectivity index (χ4n) is 1.91. The minimum Gasteiger partial charge on any atom is -0.250 e. The Kier molecular flexibility index (Phi) is 3.05. The lowest BCUT2D eigenvalue weighted by atomic mass is 10.1. The van der Waals surface area contributed by atoms with Crippen molar-refractivity contribution in [3.63, 3.8) is 0 Å². The molecule has 0 saturated carbocycles. The monoisotopic (exact) mass is 315 g/mol. The first-order chi connectivity index (χ1) is 9.24. The van der Waals surface area contributed by atoms with Crippen molar-refractivity contribution >= 4 is 15.9 Å². The molecule has 3 rings (SSSR count). The van der Waals surface area contributed by atoms with E-state index in [-0.39, 0.29) is 5.69 Å². The average molecular weight is 316 g/mol. The van der Waals surface area contributed by atoms with Gasteiger partial charge in [-0.15, -0.1) is 0 Å². The predicted molar refractivity (Wildman–Crippen MR) is 77.3 cm³/mol. The van der Waals surface area contributed by atoms with E-state index in [1.807, 2.05) is 48.5 Å². The fraction of sp³-hybridized carbons (Fsp3) is 0. The summed E-state index contributed by atoms with van der Waals surface area (Å²) in [5.41, 5.74) is 2.70. The Morgan fingerprint density at radius 1 is 1.05 bits per heavy atom. The summed E-state index contributed by atoms with van der Waals surface area (Å²) in [6, 6.07) is 15.8. The molecule has 0 bridgehead atoms.